The van der Waals surface area contributed by atoms with Gasteiger partial charge in [-0.25, -0.2) is 0 Å². The number of aliphatic hydroxyl groups is 1. The molecule has 3 aromatic carbocycles. The van der Waals surface area contributed by atoms with Gasteiger partial charge in [-0.3, -0.25) is 4.79 Å². The standard InChI is InChI=1S/C24H25NO2/c26-23(22-11-10-18-6-4-5-9-21(18)16-22)17-25-14-12-20(13-15-25)24(27)19-7-2-1-3-8-19/h1-11,16,20,23,26H,12-15,17H2. The number of benzene rings is 3. The Morgan fingerprint density at radius 1 is 0.926 bits per heavy atom. The molecule has 0 saturated carbocycles. The van der Waals surface area contributed by atoms with Crippen molar-refractivity contribution in [1.82, 2.24) is 4.90 Å². The number of ketones is 1. The fourth-order valence-corrected chi connectivity index (χ4v) is 3.98. The van der Waals surface area contributed by atoms with Crippen molar-refractivity contribution in [3.05, 3.63) is 83.9 Å². The van der Waals surface area contributed by atoms with Crippen LogP contribution >= 0.6 is 0 Å². The molecule has 0 bridgehead atoms. The Morgan fingerprint density at radius 2 is 1.59 bits per heavy atom. The van der Waals surface area contributed by atoms with E-state index in [1.54, 1.807) is 0 Å². The van der Waals surface area contributed by atoms with E-state index in [4.69, 9.17) is 0 Å². The molecule has 1 unspecified atom stereocenters. The van der Waals surface area contributed by atoms with Gasteiger partial charge in [-0.1, -0.05) is 66.7 Å². The van der Waals surface area contributed by atoms with Crippen molar-refractivity contribution < 1.29 is 9.90 Å². The maximum atomic E-state index is 12.6. The van der Waals surface area contributed by atoms with Gasteiger partial charge in [0.2, 0.25) is 0 Å². The van der Waals surface area contributed by atoms with Gasteiger partial charge < -0.3 is 10.0 Å². The quantitative estimate of drug-likeness (QED) is 0.684. The highest BCUT2D eigenvalue weighted by Gasteiger charge is 2.26. The molecule has 0 aliphatic carbocycles. The third kappa shape index (κ3) is 4.10. The molecule has 0 aromatic heterocycles. The van der Waals surface area contributed by atoms with Gasteiger partial charge >= 0.3 is 0 Å². The maximum absolute atomic E-state index is 12.6. The third-order valence-electron chi connectivity index (χ3n) is 5.61. The lowest BCUT2D eigenvalue weighted by Crippen LogP contribution is -2.38. The summed E-state index contributed by atoms with van der Waals surface area (Å²) in [6.07, 6.45) is 1.21. The number of β-amino-alcohol motifs (C(OH)–C–C–N with tert-alkyl or cyclic N) is 1. The minimum Gasteiger partial charge on any atom is -0.387 e. The van der Waals surface area contributed by atoms with E-state index in [0.717, 1.165) is 42.4 Å². The number of carbonyl (C=O) groups excluding carboxylic acids is 1. The first-order valence-electron chi connectivity index (χ1n) is 9.69. The predicted molar refractivity (Wildman–Crippen MR) is 109 cm³/mol. The number of nitrogens with zero attached hydrogens (tertiary/aromatic N) is 1. The van der Waals surface area contributed by atoms with Gasteiger partial charge in [0.05, 0.1) is 6.10 Å². The van der Waals surface area contributed by atoms with Crippen LogP contribution in [0.5, 0.6) is 0 Å². The first kappa shape index (κ1) is 17.9. The van der Waals surface area contributed by atoms with Crippen LogP contribution in [0.4, 0.5) is 0 Å². The third-order valence-corrected chi connectivity index (χ3v) is 5.61. The Hall–Kier alpha value is -2.49. The SMILES string of the molecule is O=C(c1ccccc1)C1CCN(CC(O)c2ccc3ccccc3c2)CC1. The number of Topliss-reactive ketones (excluding diaryl/α,β-unsaturated/α-hetero) is 1. The highest BCUT2D eigenvalue weighted by Crippen LogP contribution is 2.25. The Balaban J connectivity index is 1.35. The van der Waals surface area contributed by atoms with Crippen molar-refractivity contribution >= 4 is 16.6 Å². The summed E-state index contributed by atoms with van der Waals surface area (Å²) in [7, 11) is 0. The molecule has 3 aromatic rings. The second kappa shape index (κ2) is 8.03. The number of likely N-dealkylation sites (tertiary alicyclic amines) is 1. The second-order valence-corrected chi connectivity index (χ2v) is 7.43. The number of rotatable bonds is 5. The molecular formula is C24H25NO2. The van der Waals surface area contributed by atoms with Crippen molar-refractivity contribution in [2.24, 2.45) is 5.92 Å². The molecule has 4 rings (SSSR count). The number of fused-ring (bicyclic) bond motifs is 1. The smallest absolute Gasteiger partial charge is 0.166 e. The summed E-state index contributed by atoms with van der Waals surface area (Å²) in [6, 6.07) is 23.9. The van der Waals surface area contributed by atoms with E-state index < -0.39 is 6.10 Å². The second-order valence-electron chi connectivity index (χ2n) is 7.43. The van der Waals surface area contributed by atoms with Crippen molar-refractivity contribution in [3.8, 4) is 0 Å². The summed E-state index contributed by atoms with van der Waals surface area (Å²) >= 11 is 0. The molecule has 0 amide bonds. The number of piperidine rings is 1. The zero-order valence-corrected chi connectivity index (χ0v) is 15.4. The summed E-state index contributed by atoms with van der Waals surface area (Å²) in [5, 5.41) is 13.0. The number of aliphatic hydroxyl groups excluding tert-OH is 1. The van der Waals surface area contributed by atoms with Gasteiger partial charge in [-0.05, 0) is 48.3 Å². The van der Waals surface area contributed by atoms with Gasteiger partial charge in [0.1, 0.15) is 0 Å². The Labute approximate surface area is 160 Å². The summed E-state index contributed by atoms with van der Waals surface area (Å²) < 4.78 is 0. The first-order valence-corrected chi connectivity index (χ1v) is 9.69. The molecule has 1 aliphatic heterocycles. The summed E-state index contributed by atoms with van der Waals surface area (Å²) in [4.78, 5) is 14.9. The van der Waals surface area contributed by atoms with E-state index in [2.05, 4.69) is 29.2 Å². The molecule has 1 aliphatic rings. The minimum atomic E-state index is -0.504. The normalized spacial score (nSPS) is 17.1. The summed E-state index contributed by atoms with van der Waals surface area (Å²) in [6.45, 7) is 2.33. The van der Waals surface area contributed by atoms with Crippen LogP contribution in [0, 0.1) is 5.92 Å². The lowest BCUT2D eigenvalue weighted by Gasteiger charge is -2.32. The van der Waals surface area contributed by atoms with Crippen LogP contribution in [0.2, 0.25) is 0 Å². The van der Waals surface area contributed by atoms with Crippen molar-refractivity contribution in [1.29, 1.82) is 0 Å². The van der Waals surface area contributed by atoms with Gasteiger partial charge in [-0.2, -0.15) is 0 Å². The van der Waals surface area contributed by atoms with Crippen LogP contribution in [0.1, 0.15) is 34.9 Å². The Kier molecular flexibility index (Phi) is 5.33. The van der Waals surface area contributed by atoms with Gasteiger partial charge in [0.15, 0.2) is 5.78 Å². The van der Waals surface area contributed by atoms with Crippen LogP contribution < -0.4 is 0 Å². The fraction of sp³-hybridized carbons (Fsp3) is 0.292. The zero-order chi connectivity index (χ0) is 18.6. The molecule has 1 atom stereocenters. The van der Waals surface area contributed by atoms with E-state index in [9.17, 15) is 9.90 Å². The van der Waals surface area contributed by atoms with Gasteiger partial charge in [0, 0.05) is 18.0 Å². The van der Waals surface area contributed by atoms with Crippen molar-refractivity contribution in [3.63, 3.8) is 0 Å². The average molecular weight is 359 g/mol. The van der Waals surface area contributed by atoms with Crippen LogP contribution in [-0.4, -0.2) is 35.4 Å². The number of hydrogen-bond donors (Lipinski definition) is 1. The topological polar surface area (TPSA) is 40.5 Å². The van der Waals surface area contributed by atoms with Crippen LogP contribution in [-0.2, 0) is 0 Å². The van der Waals surface area contributed by atoms with E-state index in [-0.39, 0.29) is 11.7 Å². The molecule has 0 spiro atoms. The lowest BCUT2D eigenvalue weighted by molar-refractivity contribution is 0.0727. The largest absolute Gasteiger partial charge is 0.387 e. The minimum absolute atomic E-state index is 0.0986. The molecule has 1 N–H and O–H groups in total. The predicted octanol–water partition coefficient (Wildman–Crippen LogP) is 4.47. The molecule has 1 heterocycles. The monoisotopic (exact) mass is 359 g/mol. The van der Waals surface area contributed by atoms with Gasteiger partial charge in [0.25, 0.3) is 0 Å². The highest BCUT2D eigenvalue weighted by molar-refractivity contribution is 5.97. The number of hydrogen-bond acceptors (Lipinski definition) is 3. The van der Waals surface area contributed by atoms with Crippen molar-refractivity contribution in [2.45, 2.75) is 18.9 Å². The Morgan fingerprint density at radius 3 is 2.33 bits per heavy atom. The molecule has 0 radical (unpaired) electrons. The molecule has 3 heteroatoms. The molecule has 138 valence electrons. The summed E-state index contributed by atoms with van der Waals surface area (Å²) in [5.74, 6) is 0.354. The molecule has 3 nitrogen and oxygen atoms in total. The molecule has 1 fully saturated rings. The van der Waals surface area contributed by atoms with E-state index >= 15 is 0 Å². The van der Waals surface area contributed by atoms with Crippen molar-refractivity contribution in [2.75, 3.05) is 19.6 Å². The average Bonchev–Trinajstić information content (AvgIpc) is 2.74. The maximum Gasteiger partial charge on any atom is 0.166 e. The fourth-order valence-electron chi connectivity index (χ4n) is 3.98. The van der Waals surface area contributed by atoms with Crippen LogP contribution in [0.15, 0.2) is 72.8 Å². The molecular weight excluding hydrogens is 334 g/mol. The van der Waals surface area contributed by atoms with E-state index in [1.807, 2.05) is 48.5 Å². The number of carbonyl (C=O) groups is 1. The first-order chi connectivity index (χ1) is 13.2. The molecule has 27 heavy (non-hydrogen) atoms. The van der Waals surface area contributed by atoms with E-state index in [0.29, 0.717) is 6.54 Å². The summed E-state index contributed by atoms with van der Waals surface area (Å²) in [5.41, 5.74) is 1.77. The lowest BCUT2D eigenvalue weighted by atomic mass is 9.88. The zero-order valence-electron chi connectivity index (χ0n) is 15.4. The van der Waals surface area contributed by atoms with E-state index in [1.165, 1.54) is 5.39 Å². The highest BCUT2D eigenvalue weighted by atomic mass is 16.3. The van der Waals surface area contributed by atoms with Crippen LogP contribution in [0.3, 0.4) is 0 Å². The van der Waals surface area contributed by atoms with Gasteiger partial charge in [-0.15, -0.1) is 0 Å². The van der Waals surface area contributed by atoms with Crippen LogP contribution in [0.25, 0.3) is 10.8 Å². The Bertz CT molecular complexity index is 914. The molecule has 1 saturated heterocycles.